The first-order valence-corrected chi connectivity index (χ1v) is 4.56. The molecule has 1 aromatic rings. The van der Waals surface area contributed by atoms with Crippen LogP contribution in [0.4, 0.5) is 0 Å². The molecule has 0 spiro atoms. The highest BCUT2D eigenvalue weighted by atomic mass is 16.5. The number of ether oxygens (including phenoxy) is 1. The normalized spacial score (nSPS) is 10.3. The topological polar surface area (TPSA) is 76.5 Å². The molecule has 0 aliphatic rings. The Kier molecular flexibility index (Phi) is 4.20. The summed E-state index contributed by atoms with van der Waals surface area (Å²) >= 11 is 0. The molecule has 1 rings (SSSR count). The number of hydrogen-bond donors (Lipinski definition) is 1. The van der Waals surface area contributed by atoms with Crippen LogP contribution in [0, 0.1) is 0 Å². The molecule has 0 atom stereocenters. The molecule has 1 aromatic heterocycles. The predicted molar refractivity (Wildman–Crippen MR) is 56.9 cm³/mol. The van der Waals surface area contributed by atoms with Gasteiger partial charge in [-0.25, -0.2) is 9.78 Å². The Bertz CT molecular complexity index is 426. The van der Waals surface area contributed by atoms with E-state index in [-0.39, 0.29) is 12.1 Å². The minimum Gasteiger partial charge on any atom is -0.481 e. The van der Waals surface area contributed by atoms with Crippen molar-refractivity contribution in [2.45, 2.75) is 6.42 Å². The van der Waals surface area contributed by atoms with E-state index in [1.54, 1.807) is 12.1 Å². The number of nitrogens with zero attached hydrogens (tertiary/aromatic N) is 1. The van der Waals surface area contributed by atoms with Crippen molar-refractivity contribution in [3.63, 3.8) is 0 Å². The summed E-state index contributed by atoms with van der Waals surface area (Å²) in [6, 6.07) is 3.20. The zero-order chi connectivity index (χ0) is 12.0. The third-order valence-electron chi connectivity index (χ3n) is 1.78. The molecule has 0 unspecified atom stereocenters. The molecule has 0 aromatic carbocycles. The monoisotopic (exact) mass is 221 g/mol. The van der Waals surface area contributed by atoms with Gasteiger partial charge in [0.05, 0.1) is 13.5 Å². The number of carboxylic acids is 1. The molecule has 5 heteroatoms. The van der Waals surface area contributed by atoms with Crippen molar-refractivity contribution in [1.82, 2.24) is 4.98 Å². The van der Waals surface area contributed by atoms with Crippen molar-refractivity contribution < 1.29 is 19.4 Å². The van der Waals surface area contributed by atoms with Gasteiger partial charge in [-0.3, -0.25) is 4.79 Å². The van der Waals surface area contributed by atoms with Gasteiger partial charge in [0.25, 0.3) is 0 Å². The third kappa shape index (κ3) is 3.53. The number of aromatic nitrogens is 1. The SMILES string of the molecule is COC(=O)c1cc(C=CCC(=O)O)ccn1. The second-order valence-corrected chi connectivity index (χ2v) is 2.97. The number of pyridine rings is 1. The molecule has 1 N–H and O–H groups in total. The number of methoxy groups -OCH3 is 1. The van der Waals surface area contributed by atoms with Crippen molar-refractivity contribution in [3.8, 4) is 0 Å². The Morgan fingerprint density at radius 3 is 2.94 bits per heavy atom. The predicted octanol–water partition coefficient (Wildman–Crippen LogP) is 1.36. The van der Waals surface area contributed by atoms with Gasteiger partial charge >= 0.3 is 11.9 Å². The van der Waals surface area contributed by atoms with Crippen molar-refractivity contribution in [2.24, 2.45) is 0 Å². The summed E-state index contributed by atoms with van der Waals surface area (Å²) in [4.78, 5) is 25.2. The second-order valence-electron chi connectivity index (χ2n) is 2.97. The van der Waals surface area contributed by atoms with Crippen molar-refractivity contribution >= 4 is 18.0 Å². The van der Waals surface area contributed by atoms with Crippen molar-refractivity contribution in [2.75, 3.05) is 7.11 Å². The van der Waals surface area contributed by atoms with Gasteiger partial charge in [-0.1, -0.05) is 12.2 Å². The van der Waals surface area contributed by atoms with Gasteiger partial charge in [-0.15, -0.1) is 0 Å². The number of aliphatic carboxylic acids is 1. The summed E-state index contributed by atoms with van der Waals surface area (Å²) < 4.78 is 4.51. The minimum absolute atomic E-state index is 0.0596. The van der Waals surface area contributed by atoms with E-state index in [1.807, 2.05) is 0 Å². The van der Waals surface area contributed by atoms with E-state index in [2.05, 4.69) is 9.72 Å². The second kappa shape index (κ2) is 5.65. The molecule has 0 aliphatic heterocycles. The van der Waals surface area contributed by atoms with Crippen LogP contribution in [0.15, 0.2) is 24.4 Å². The number of carbonyl (C=O) groups excluding carboxylic acids is 1. The zero-order valence-corrected chi connectivity index (χ0v) is 8.71. The lowest BCUT2D eigenvalue weighted by molar-refractivity contribution is -0.135. The molecule has 0 fully saturated rings. The summed E-state index contributed by atoms with van der Waals surface area (Å²) in [5, 5.41) is 8.43. The largest absolute Gasteiger partial charge is 0.481 e. The van der Waals surface area contributed by atoms with Crippen LogP contribution in [-0.4, -0.2) is 29.1 Å². The van der Waals surface area contributed by atoms with Gasteiger partial charge in [0.2, 0.25) is 0 Å². The van der Waals surface area contributed by atoms with Gasteiger partial charge in [-0.2, -0.15) is 0 Å². The van der Waals surface area contributed by atoms with Gasteiger partial charge in [0.15, 0.2) is 0 Å². The average Bonchev–Trinajstić information content (AvgIpc) is 2.28. The van der Waals surface area contributed by atoms with E-state index in [9.17, 15) is 9.59 Å². The van der Waals surface area contributed by atoms with Crippen molar-refractivity contribution in [1.29, 1.82) is 0 Å². The quantitative estimate of drug-likeness (QED) is 0.777. The van der Waals surface area contributed by atoms with Gasteiger partial charge in [0, 0.05) is 6.20 Å². The number of carboxylic acid groups (broad SMARTS) is 1. The fraction of sp³-hybridized carbons (Fsp3) is 0.182. The molecule has 0 aliphatic carbocycles. The maximum Gasteiger partial charge on any atom is 0.356 e. The van der Waals surface area contributed by atoms with Crippen LogP contribution < -0.4 is 0 Å². The summed E-state index contributed by atoms with van der Waals surface area (Å²) in [6.45, 7) is 0. The van der Waals surface area contributed by atoms with Crippen LogP contribution in [0.1, 0.15) is 22.5 Å². The number of rotatable bonds is 4. The number of carbonyl (C=O) groups is 2. The molecule has 0 radical (unpaired) electrons. The number of esters is 1. The van der Waals surface area contributed by atoms with Crippen LogP contribution in [0.2, 0.25) is 0 Å². The van der Waals surface area contributed by atoms with Gasteiger partial charge in [0.1, 0.15) is 5.69 Å². The molecule has 0 bridgehead atoms. The smallest absolute Gasteiger partial charge is 0.356 e. The number of hydrogen-bond acceptors (Lipinski definition) is 4. The maximum absolute atomic E-state index is 11.1. The highest BCUT2D eigenvalue weighted by Crippen LogP contribution is 2.05. The van der Waals surface area contributed by atoms with Gasteiger partial charge < -0.3 is 9.84 Å². The molecule has 0 amide bonds. The molecule has 84 valence electrons. The first kappa shape index (κ1) is 11.9. The first-order valence-electron chi connectivity index (χ1n) is 4.56. The standard InChI is InChI=1S/C11H11NO4/c1-16-11(15)9-7-8(5-6-12-9)3-2-4-10(13)14/h2-3,5-7H,4H2,1H3,(H,13,14). The summed E-state index contributed by atoms with van der Waals surface area (Å²) in [5.74, 6) is -1.42. The summed E-state index contributed by atoms with van der Waals surface area (Å²) in [5.41, 5.74) is 0.900. The Morgan fingerprint density at radius 2 is 2.31 bits per heavy atom. The lowest BCUT2D eigenvalue weighted by Gasteiger charge is -1.98. The molecule has 5 nitrogen and oxygen atoms in total. The van der Waals surface area contributed by atoms with E-state index in [1.165, 1.54) is 25.4 Å². The Morgan fingerprint density at radius 1 is 1.56 bits per heavy atom. The molecule has 16 heavy (non-hydrogen) atoms. The average molecular weight is 221 g/mol. The van der Waals surface area contributed by atoms with Crippen LogP contribution in [-0.2, 0) is 9.53 Å². The van der Waals surface area contributed by atoms with Gasteiger partial charge in [-0.05, 0) is 17.7 Å². The Balaban J connectivity index is 2.78. The fourth-order valence-electron chi connectivity index (χ4n) is 1.06. The van der Waals surface area contributed by atoms with E-state index in [4.69, 9.17) is 5.11 Å². The lowest BCUT2D eigenvalue weighted by Crippen LogP contribution is -2.03. The Hall–Kier alpha value is -2.17. The minimum atomic E-state index is -0.904. The van der Waals surface area contributed by atoms with E-state index >= 15 is 0 Å². The van der Waals surface area contributed by atoms with E-state index < -0.39 is 11.9 Å². The molecule has 1 heterocycles. The zero-order valence-electron chi connectivity index (χ0n) is 8.71. The molecular formula is C11H11NO4. The molecule has 0 saturated heterocycles. The summed E-state index contributed by atoms with van der Waals surface area (Å²) in [6.07, 6.45) is 4.52. The van der Waals surface area contributed by atoms with Crippen LogP contribution >= 0.6 is 0 Å². The Labute approximate surface area is 92.4 Å². The van der Waals surface area contributed by atoms with E-state index in [0.717, 1.165) is 0 Å². The van der Waals surface area contributed by atoms with Crippen LogP contribution in [0.5, 0.6) is 0 Å². The summed E-state index contributed by atoms with van der Waals surface area (Å²) in [7, 11) is 1.27. The lowest BCUT2D eigenvalue weighted by atomic mass is 10.2. The molecular weight excluding hydrogens is 210 g/mol. The van der Waals surface area contributed by atoms with Crippen molar-refractivity contribution in [3.05, 3.63) is 35.7 Å². The first-order chi connectivity index (χ1) is 7.63. The highest BCUT2D eigenvalue weighted by molar-refractivity contribution is 5.87. The molecule has 0 saturated carbocycles. The van der Waals surface area contributed by atoms with Crippen LogP contribution in [0.3, 0.4) is 0 Å². The fourth-order valence-corrected chi connectivity index (χ4v) is 1.06. The highest BCUT2D eigenvalue weighted by Gasteiger charge is 2.05. The van der Waals surface area contributed by atoms with Crippen LogP contribution in [0.25, 0.3) is 6.08 Å². The maximum atomic E-state index is 11.1. The third-order valence-corrected chi connectivity index (χ3v) is 1.78. The van der Waals surface area contributed by atoms with E-state index in [0.29, 0.717) is 5.56 Å².